The van der Waals surface area contributed by atoms with Crippen LogP contribution >= 0.6 is 12.2 Å². The van der Waals surface area contributed by atoms with Crippen molar-refractivity contribution in [2.24, 2.45) is 0 Å². The van der Waals surface area contributed by atoms with E-state index in [1.54, 1.807) is 26.4 Å². The molecule has 1 aromatic carbocycles. The van der Waals surface area contributed by atoms with Gasteiger partial charge in [-0.2, -0.15) is 0 Å². The Morgan fingerprint density at radius 2 is 1.59 bits per heavy atom. The van der Waals surface area contributed by atoms with E-state index in [-0.39, 0.29) is 0 Å². The molecule has 1 heterocycles. The summed E-state index contributed by atoms with van der Waals surface area (Å²) < 4.78 is 10.5. The number of nitrogens with one attached hydrogen (secondary N) is 2. The van der Waals surface area contributed by atoms with E-state index in [9.17, 15) is 0 Å². The first-order chi connectivity index (χ1) is 10.5. The standard InChI is InChI=1S/C15H18N4O2S/c1-9-7-10(2)17-14(16-9)19-15(22)18-11-5-6-12(20-3)13(8-11)21-4/h5-8H,1-4H3,(H2,16,17,18,19,22). The van der Waals surface area contributed by atoms with Gasteiger partial charge in [-0.3, -0.25) is 0 Å². The third kappa shape index (κ3) is 4.05. The van der Waals surface area contributed by atoms with E-state index in [4.69, 9.17) is 21.7 Å². The lowest BCUT2D eigenvalue weighted by atomic mass is 10.3. The van der Waals surface area contributed by atoms with E-state index >= 15 is 0 Å². The molecule has 0 fully saturated rings. The third-order valence-electron chi connectivity index (χ3n) is 2.85. The second-order valence-corrected chi connectivity index (χ2v) is 5.03. The van der Waals surface area contributed by atoms with Crippen LogP contribution in [0.1, 0.15) is 11.4 Å². The lowest BCUT2D eigenvalue weighted by Gasteiger charge is -2.12. The Bertz CT molecular complexity index is 671. The molecule has 0 saturated heterocycles. The molecule has 0 radical (unpaired) electrons. The smallest absolute Gasteiger partial charge is 0.229 e. The molecule has 1 aromatic heterocycles. The van der Waals surface area contributed by atoms with E-state index in [1.165, 1.54) is 0 Å². The number of hydrogen-bond donors (Lipinski definition) is 2. The molecule has 0 spiro atoms. The SMILES string of the molecule is COc1ccc(NC(=S)Nc2nc(C)cc(C)n2)cc1OC. The average molecular weight is 318 g/mol. The molecular weight excluding hydrogens is 300 g/mol. The van der Waals surface area contributed by atoms with E-state index < -0.39 is 0 Å². The van der Waals surface area contributed by atoms with Crippen molar-refractivity contribution in [3.05, 3.63) is 35.7 Å². The van der Waals surface area contributed by atoms with Crippen molar-refractivity contribution in [1.29, 1.82) is 0 Å². The number of rotatable bonds is 4. The summed E-state index contributed by atoms with van der Waals surface area (Å²) in [6, 6.07) is 7.35. The lowest BCUT2D eigenvalue weighted by Crippen LogP contribution is -2.21. The van der Waals surface area contributed by atoms with Crippen molar-refractivity contribution in [1.82, 2.24) is 9.97 Å². The zero-order valence-corrected chi connectivity index (χ0v) is 13.7. The maximum Gasteiger partial charge on any atom is 0.229 e. The van der Waals surface area contributed by atoms with Gasteiger partial charge in [0.1, 0.15) is 0 Å². The van der Waals surface area contributed by atoms with E-state index in [1.807, 2.05) is 26.0 Å². The number of benzene rings is 1. The average Bonchev–Trinajstić information content (AvgIpc) is 2.45. The van der Waals surface area contributed by atoms with Gasteiger partial charge >= 0.3 is 0 Å². The largest absolute Gasteiger partial charge is 0.493 e. The second kappa shape index (κ2) is 7.04. The Labute approximate surface area is 134 Å². The highest BCUT2D eigenvalue weighted by molar-refractivity contribution is 7.80. The summed E-state index contributed by atoms with van der Waals surface area (Å²) >= 11 is 5.27. The van der Waals surface area contributed by atoms with Crippen LogP contribution in [-0.2, 0) is 0 Å². The zero-order chi connectivity index (χ0) is 16.1. The minimum Gasteiger partial charge on any atom is -0.493 e. The molecular formula is C15H18N4O2S. The number of aryl methyl sites for hydroxylation is 2. The molecule has 7 heteroatoms. The maximum atomic E-state index is 5.27. The van der Waals surface area contributed by atoms with Gasteiger partial charge < -0.3 is 20.1 Å². The molecule has 0 saturated carbocycles. The lowest BCUT2D eigenvalue weighted by molar-refractivity contribution is 0.355. The van der Waals surface area contributed by atoms with Crippen molar-refractivity contribution < 1.29 is 9.47 Å². The Kier molecular flexibility index (Phi) is 5.11. The molecule has 0 aliphatic rings. The summed E-state index contributed by atoms with van der Waals surface area (Å²) in [6.45, 7) is 3.81. The summed E-state index contributed by atoms with van der Waals surface area (Å²) in [4.78, 5) is 8.56. The van der Waals surface area contributed by atoms with Crippen LogP contribution in [0.4, 0.5) is 11.6 Å². The highest BCUT2D eigenvalue weighted by Gasteiger charge is 2.07. The van der Waals surface area contributed by atoms with Crippen molar-refractivity contribution in [3.8, 4) is 11.5 Å². The minimum absolute atomic E-state index is 0.400. The molecule has 0 aliphatic carbocycles. The van der Waals surface area contributed by atoms with Gasteiger partial charge in [-0.25, -0.2) is 9.97 Å². The van der Waals surface area contributed by atoms with Gasteiger partial charge in [0.2, 0.25) is 5.95 Å². The number of ether oxygens (including phenoxy) is 2. The summed E-state index contributed by atoms with van der Waals surface area (Å²) in [5.74, 6) is 1.75. The zero-order valence-electron chi connectivity index (χ0n) is 12.9. The fourth-order valence-electron chi connectivity index (χ4n) is 1.96. The van der Waals surface area contributed by atoms with Crippen LogP contribution in [0.15, 0.2) is 24.3 Å². The summed E-state index contributed by atoms with van der Waals surface area (Å²) in [7, 11) is 3.18. The fraction of sp³-hybridized carbons (Fsp3) is 0.267. The summed E-state index contributed by atoms with van der Waals surface area (Å²) in [5, 5.41) is 6.42. The molecule has 2 aromatic rings. The van der Waals surface area contributed by atoms with Crippen molar-refractivity contribution >= 4 is 29.0 Å². The number of anilines is 2. The van der Waals surface area contributed by atoms with Gasteiger partial charge in [0.25, 0.3) is 0 Å². The molecule has 2 N–H and O–H groups in total. The van der Waals surface area contributed by atoms with Gasteiger partial charge in [0, 0.05) is 23.1 Å². The molecule has 0 bridgehead atoms. The van der Waals surface area contributed by atoms with Gasteiger partial charge in [0.05, 0.1) is 14.2 Å². The quantitative estimate of drug-likeness (QED) is 0.840. The third-order valence-corrected chi connectivity index (χ3v) is 3.05. The van der Waals surface area contributed by atoms with Crippen LogP contribution in [0, 0.1) is 13.8 Å². The number of nitrogens with zero attached hydrogens (tertiary/aromatic N) is 2. The van der Waals surface area contributed by atoms with Gasteiger partial charge in [-0.05, 0) is 44.3 Å². The molecule has 0 aliphatic heterocycles. The Morgan fingerprint density at radius 1 is 0.955 bits per heavy atom. The first-order valence-corrected chi connectivity index (χ1v) is 7.05. The molecule has 2 rings (SSSR count). The molecule has 0 amide bonds. The summed E-state index contributed by atoms with van der Waals surface area (Å²) in [6.07, 6.45) is 0. The molecule has 0 unspecified atom stereocenters. The first kappa shape index (κ1) is 16.0. The minimum atomic E-state index is 0.400. The van der Waals surface area contributed by atoms with Crippen LogP contribution in [-0.4, -0.2) is 29.3 Å². The van der Waals surface area contributed by atoms with Gasteiger partial charge in [-0.15, -0.1) is 0 Å². The molecule has 6 nitrogen and oxygen atoms in total. The molecule has 22 heavy (non-hydrogen) atoms. The monoisotopic (exact) mass is 318 g/mol. The second-order valence-electron chi connectivity index (χ2n) is 4.62. The van der Waals surface area contributed by atoms with Crippen molar-refractivity contribution in [3.63, 3.8) is 0 Å². The normalized spacial score (nSPS) is 10.0. The van der Waals surface area contributed by atoms with Crippen molar-refractivity contribution in [2.45, 2.75) is 13.8 Å². The van der Waals surface area contributed by atoms with Crippen LogP contribution in [0.25, 0.3) is 0 Å². The predicted molar refractivity (Wildman–Crippen MR) is 90.9 cm³/mol. The molecule has 116 valence electrons. The number of aromatic nitrogens is 2. The maximum absolute atomic E-state index is 5.27. The van der Waals surface area contributed by atoms with Crippen LogP contribution in [0.5, 0.6) is 11.5 Å². The Hall–Kier alpha value is -2.41. The fourth-order valence-corrected chi connectivity index (χ4v) is 2.17. The molecule has 0 atom stereocenters. The number of hydrogen-bond acceptors (Lipinski definition) is 5. The predicted octanol–water partition coefficient (Wildman–Crippen LogP) is 2.92. The van der Waals surface area contributed by atoms with Crippen LogP contribution < -0.4 is 20.1 Å². The highest BCUT2D eigenvalue weighted by atomic mass is 32.1. The van der Waals surface area contributed by atoms with Crippen LogP contribution in [0.2, 0.25) is 0 Å². The van der Waals surface area contributed by atoms with Crippen molar-refractivity contribution in [2.75, 3.05) is 24.9 Å². The highest BCUT2D eigenvalue weighted by Crippen LogP contribution is 2.29. The van der Waals surface area contributed by atoms with Crippen LogP contribution in [0.3, 0.4) is 0 Å². The Morgan fingerprint density at radius 3 is 2.18 bits per heavy atom. The van der Waals surface area contributed by atoms with E-state index in [0.717, 1.165) is 17.1 Å². The number of thiocarbonyl (C=S) groups is 1. The topological polar surface area (TPSA) is 68.3 Å². The van der Waals surface area contributed by atoms with E-state index in [2.05, 4.69) is 20.6 Å². The Balaban J connectivity index is 2.08. The first-order valence-electron chi connectivity index (χ1n) is 6.64. The van der Waals surface area contributed by atoms with E-state index in [0.29, 0.717) is 22.6 Å². The number of methoxy groups -OCH3 is 2. The summed E-state index contributed by atoms with van der Waals surface area (Å²) in [5.41, 5.74) is 2.53. The van der Waals surface area contributed by atoms with Gasteiger partial charge in [0.15, 0.2) is 16.6 Å². The van der Waals surface area contributed by atoms with Gasteiger partial charge in [-0.1, -0.05) is 0 Å².